The molecule has 0 amide bonds. The number of benzene rings is 5. The van der Waals surface area contributed by atoms with Crippen LogP contribution in [0.2, 0.25) is 0 Å². The number of hydrogen-bond acceptors (Lipinski definition) is 2. The lowest BCUT2D eigenvalue weighted by atomic mass is 9.79. The molecule has 0 spiro atoms. The minimum atomic E-state index is -0.366. The van der Waals surface area contributed by atoms with E-state index in [-0.39, 0.29) is 18.3 Å². The van der Waals surface area contributed by atoms with Crippen LogP contribution in [0.5, 0.6) is 0 Å². The second-order valence-electron chi connectivity index (χ2n) is 10.9. The predicted octanol–water partition coefficient (Wildman–Crippen LogP) is 7.39. The van der Waals surface area contributed by atoms with Crippen molar-refractivity contribution in [3.05, 3.63) is 97.1 Å². The second-order valence-corrected chi connectivity index (χ2v) is 10.9. The zero-order chi connectivity index (χ0) is 24.7. The van der Waals surface area contributed by atoms with Crippen molar-refractivity contribution < 1.29 is 9.31 Å². The van der Waals surface area contributed by atoms with Crippen LogP contribution in [0.3, 0.4) is 0 Å². The molecule has 1 saturated heterocycles. The normalized spacial score (nSPS) is 17.1. The van der Waals surface area contributed by atoms with Gasteiger partial charge in [-0.2, -0.15) is 0 Å². The summed E-state index contributed by atoms with van der Waals surface area (Å²) in [7, 11) is -0.366. The highest BCUT2D eigenvalue weighted by molar-refractivity contribution is 6.62. The Bertz CT molecular complexity index is 1690. The molecule has 4 heteroatoms. The first kappa shape index (κ1) is 21.7. The van der Waals surface area contributed by atoms with Gasteiger partial charge in [-0.3, -0.25) is 0 Å². The second kappa shape index (κ2) is 7.46. The maximum Gasteiger partial charge on any atom is 0.494 e. The van der Waals surface area contributed by atoms with Gasteiger partial charge in [0.15, 0.2) is 0 Å². The highest BCUT2D eigenvalue weighted by Crippen LogP contribution is 2.38. The zero-order valence-corrected chi connectivity index (χ0v) is 21.1. The van der Waals surface area contributed by atoms with Crippen LogP contribution in [0.15, 0.2) is 97.1 Å². The van der Waals surface area contributed by atoms with Crippen LogP contribution in [0.1, 0.15) is 27.7 Å². The molecule has 1 aliphatic heterocycles. The van der Waals surface area contributed by atoms with E-state index in [0.29, 0.717) is 0 Å². The van der Waals surface area contributed by atoms with E-state index in [1.807, 2.05) is 0 Å². The van der Waals surface area contributed by atoms with Gasteiger partial charge < -0.3 is 13.9 Å². The Morgan fingerprint density at radius 1 is 0.556 bits per heavy atom. The number of hydrogen-bond donors (Lipinski definition) is 0. The Morgan fingerprint density at radius 3 is 1.42 bits per heavy atom. The largest absolute Gasteiger partial charge is 0.494 e. The number of nitrogens with zero attached hydrogens (tertiary/aromatic N) is 1. The van der Waals surface area contributed by atoms with Gasteiger partial charge in [0.2, 0.25) is 0 Å². The molecule has 1 aromatic heterocycles. The van der Waals surface area contributed by atoms with E-state index in [9.17, 15) is 0 Å². The van der Waals surface area contributed by atoms with Crippen molar-refractivity contribution in [3.63, 3.8) is 0 Å². The highest BCUT2D eigenvalue weighted by atomic mass is 16.7. The van der Waals surface area contributed by atoms with Crippen molar-refractivity contribution >= 4 is 55.9 Å². The lowest BCUT2D eigenvalue weighted by molar-refractivity contribution is 0.00578. The first-order chi connectivity index (χ1) is 17.3. The number of rotatable bonds is 2. The van der Waals surface area contributed by atoms with Crippen molar-refractivity contribution in [1.82, 2.24) is 4.57 Å². The Balaban J connectivity index is 1.44. The molecule has 0 unspecified atom stereocenters. The molecule has 1 fully saturated rings. The highest BCUT2D eigenvalue weighted by Gasteiger charge is 2.51. The first-order valence-electron chi connectivity index (χ1n) is 12.6. The minimum absolute atomic E-state index is 0.356. The van der Waals surface area contributed by atoms with E-state index in [2.05, 4.69) is 129 Å². The lowest BCUT2D eigenvalue weighted by Gasteiger charge is -2.32. The summed E-state index contributed by atoms with van der Waals surface area (Å²) in [5, 5.41) is 7.54. The molecule has 176 valence electrons. The average molecular weight is 469 g/mol. The summed E-state index contributed by atoms with van der Waals surface area (Å²) in [6.07, 6.45) is 0. The zero-order valence-electron chi connectivity index (χ0n) is 21.1. The molecule has 7 rings (SSSR count). The molecule has 5 aromatic carbocycles. The Morgan fingerprint density at radius 2 is 0.972 bits per heavy atom. The Hall–Kier alpha value is -3.60. The van der Waals surface area contributed by atoms with Gasteiger partial charge in [0.25, 0.3) is 0 Å². The van der Waals surface area contributed by atoms with Crippen LogP contribution in [0.25, 0.3) is 49.0 Å². The van der Waals surface area contributed by atoms with Crippen LogP contribution in [-0.2, 0) is 9.31 Å². The summed E-state index contributed by atoms with van der Waals surface area (Å²) in [5.74, 6) is 0. The van der Waals surface area contributed by atoms with E-state index in [1.165, 1.54) is 43.4 Å². The molecular formula is C32H28BNO2. The lowest BCUT2D eigenvalue weighted by Crippen LogP contribution is -2.41. The van der Waals surface area contributed by atoms with Crippen LogP contribution in [-0.4, -0.2) is 22.9 Å². The minimum Gasteiger partial charge on any atom is -0.399 e. The summed E-state index contributed by atoms with van der Waals surface area (Å²) >= 11 is 0. The third kappa shape index (κ3) is 3.15. The van der Waals surface area contributed by atoms with Crippen molar-refractivity contribution in [2.45, 2.75) is 38.9 Å². The maximum absolute atomic E-state index is 6.29. The summed E-state index contributed by atoms with van der Waals surface area (Å²) in [4.78, 5) is 0. The van der Waals surface area contributed by atoms with Gasteiger partial charge in [-0.1, -0.05) is 60.7 Å². The average Bonchev–Trinajstić information content (AvgIpc) is 3.29. The number of fused-ring (bicyclic) bond motifs is 5. The maximum atomic E-state index is 6.29. The molecule has 36 heavy (non-hydrogen) atoms. The Kier molecular flexibility index (Phi) is 4.49. The number of aromatic nitrogens is 1. The van der Waals surface area contributed by atoms with E-state index < -0.39 is 0 Å². The van der Waals surface area contributed by atoms with Gasteiger partial charge in [0.05, 0.1) is 22.2 Å². The van der Waals surface area contributed by atoms with Gasteiger partial charge in [-0.15, -0.1) is 0 Å². The van der Waals surface area contributed by atoms with Gasteiger partial charge in [-0.05, 0) is 91.1 Å². The molecule has 0 saturated carbocycles. The smallest absolute Gasteiger partial charge is 0.399 e. The topological polar surface area (TPSA) is 23.4 Å². The van der Waals surface area contributed by atoms with Gasteiger partial charge in [0, 0.05) is 16.5 Å². The molecular weight excluding hydrogens is 441 g/mol. The molecule has 0 aliphatic carbocycles. The van der Waals surface area contributed by atoms with Crippen LogP contribution in [0.4, 0.5) is 0 Å². The quantitative estimate of drug-likeness (QED) is 0.247. The fourth-order valence-electron chi connectivity index (χ4n) is 5.43. The third-order valence-electron chi connectivity index (χ3n) is 8.18. The van der Waals surface area contributed by atoms with Gasteiger partial charge >= 0.3 is 7.12 Å². The summed E-state index contributed by atoms with van der Waals surface area (Å²) < 4.78 is 15.0. The summed E-state index contributed by atoms with van der Waals surface area (Å²) in [6.45, 7) is 8.37. The van der Waals surface area contributed by atoms with Crippen molar-refractivity contribution in [2.75, 3.05) is 0 Å². The third-order valence-corrected chi connectivity index (χ3v) is 8.18. The molecule has 0 bridgehead atoms. The fourth-order valence-corrected chi connectivity index (χ4v) is 5.43. The molecule has 0 radical (unpaired) electrons. The van der Waals surface area contributed by atoms with E-state index >= 15 is 0 Å². The van der Waals surface area contributed by atoms with E-state index in [1.54, 1.807) is 0 Å². The van der Waals surface area contributed by atoms with E-state index in [0.717, 1.165) is 11.2 Å². The standard InChI is InChI=1S/C32H28BNO2/c1-31(2)32(3,4)36-33(35-31)25-13-15-26(16-14-25)34-29-19-23-11-7-5-9-21(23)17-27(29)28-18-22-10-6-8-12-24(22)20-30(28)34/h5-20H,1-4H3. The summed E-state index contributed by atoms with van der Waals surface area (Å²) in [5.41, 5.74) is 3.87. The van der Waals surface area contributed by atoms with Gasteiger partial charge in [0.1, 0.15) is 0 Å². The SMILES string of the molecule is CC1(C)OB(c2ccc(-n3c4cc5ccccc5cc4c4cc5ccccc5cc43)cc2)OC1(C)C. The first-order valence-corrected chi connectivity index (χ1v) is 12.6. The van der Waals surface area contributed by atoms with Crippen molar-refractivity contribution in [2.24, 2.45) is 0 Å². The molecule has 3 nitrogen and oxygen atoms in total. The molecule has 1 aliphatic rings. The van der Waals surface area contributed by atoms with Crippen LogP contribution >= 0.6 is 0 Å². The molecule has 0 atom stereocenters. The molecule has 0 N–H and O–H groups in total. The summed E-state index contributed by atoms with van der Waals surface area (Å²) in [6, 6.07) is 35.1. The van der Waals surface area contributed by atoms with Crippen LogP contribution in [0, 0.1) is 0 Å². The van der Waals surface area contributed by atoms with Crippen molar-refractivity contribution in [1.29, 1.82) is 0 Å². The Labute approximate surface area is 211 Å². The van der Waals surface area contributed by atoms with E-state index in [4.69, 9.17) is 9.31 Å². The molecule has 6 aromatic rings. The van der Waals surface area contributed by atoms with Gasteiger partial charge in [-0.25, -0.2) is 0 Å². The molecule has 2 heterocycles. The predicted molar refractivity (Wildman–Crippen MR) is 152 cm³/mol. The monoisotopic (exact) mass is 469 g/mol. The fraction of sp³-hybridized carbons (Fsp3) is 0.188. The van der Waals surface area contributed by atoms with Crippen LogP contribution < -0.4 is 5.46 Å². The van der Waals surface area contributed by atoms with Crippen molar-refractivity contribution in [3.8, 4) is 5.69 Å².